The summed E-state index contributed by atoms with van der Waals surface area (Å²) in [4.78, 5) is 15.9. The van der Waals surface area contributed by atoms with E-state index >= 15 is 0 Å². The maximum atomic E-state index is 12.0. The van der Waals surface area contributed by atoms with Gasteiger partial charge >= 0.3 is 5.97 Å². The number of esters is 1. The van der Waals surface area contributed by atoms with Crippen molar-refractivity contribution >= 4 is 60.4 Å². The Balaban J connectivity index is 1.55. The highest BCUT2D eigenvalue weighted by molar-refractivity contribution is 7.98. The number of methoxy groups -OCH3 is 2. The molecule has 1 unspecified atom stereocenters. The quantitative estimate of drug-likeness (QED) is 0.159. The minimum atomic E-state index is -0.166. The van der Waals surface area contributed by atoms with Crippen molar-refractivity contribution in [3.05, 3.63) is 83.1 Å². The number of ether oxygens (including phenoxy) is 2. The lowest BCUT2D eigenvalue weighted by molar-refractivity contribution is -0.146. The third kappa shape index (κ3) is 4.75. The molecule has 6 nitrogen and oxygen atoms in total. The molecule has 3 heterocycles. The van der Waals surface area contributed by atoms with Crippen LogP contribution in [0.4, 0.5) is 5.69 Å². The summed E-state index contributed by atoms with van der Waals surface area (Å²) in [7, 11) is 5.90. The highest BCUT2D eigenvalue weighted by Gasteiger charge is 2.34. The van der Waals surface area contributed by atoms with Crippen LogP contribution >= 0.6 is 32.5 Å². The predicted octanol–water partition coefficient (Wildman–Crippen LogP) is 6.58. The molecular weight excluding hydrogens is 557 g/mol. The fourth-order valence-electron chi connectivity index (χ4n) is 5.10. The van der Waals surface area contributed by atoms with E-state index in [-0.39, 0.29) is 11.9 Å². The minimum Gasteiger partial charge on any atom is -0.497 e. The Kier molecular flexibility index (Phi) is 7.29. The van der Waals surface area contributed by atoms with E-state index in [0.29, 0.717) is 18.0 Å². The van der Waals surface area contributed by atoms with Gasteiger partial charge in [-0.05, 0) is 77.2 Å². The molecule has 9 heteroatoms. The fraction of sp³-hybridized carbons (Fsp3) is 0.161. The van der Waals surface area contributed by atoms with Gasteiger partial charge in [0.15, 0.2) is 0 Å². The lowest BCUT2D eigenvalue weighted by atomic mass is 9.96. The maximum absolute atomic E-state index is 12.0. The van der Waals surface area contributed by atoms with Crippen molar-refractivity contribution < 1.29 is 14.3 Å². The van der Waals surface area contributed by atoms with Crippen molar-refractivity contribution in [1.29, 1.82) is 5.26 Å². The Hall–Kier alpha value is -3.76. The lowest BCUT2D eigenvalue weighted by Crippen LogP contribution is -2.50. The summed E-state index contributed by atoms with van der Waals surface area (Å²) in [6.45, 7) is 1.26. The topological polar surface area (TPSA) is 67.5 Å². The molecule has 1 fully saturated rings. The van der Waals surface area contributed by atoms with Gasteiger partial charge in [-0.3, -0.25) is 8.77 Å². The van der Waals surface area contributed by atoms with Crippen LogP contribution in [0.25, 0.3) is 33.3 Å². The van der Waals surface area contributed by atoms with Gasteiger partial charge in [-0.15, -0.1) is 20.6 Å². The van der Waals surface area contributed by atoms with Crippen LogP contribution in [0.3, 0.4) is 0 Å². The number of benzene rings is 3. The molecule has 0 amide bonds. The number of hydrogen-bond acceptors (Lipinski definition) is 7. The van der Waals surface area contributed by atoms with Crippen LogP contribution in [0.1, 0.15) is 4.88 Å². The van der Waals surface area contributed by atoms with Crippen LogP contribution < -0.4 is 14.9 Å². The van der Waals surface area contributed by atoms with Crippen LogP contribution in [-0.2, 0) is 9.53 Å². The first-order valence-corrected chi connectivity index (χ1v) is 14.9. The highest BCUT2D eigenvalue weighted by Crippen LogP contribution is 2.47. The largest absolute Gasteiger partial charge is 0.497 e. The van der Waals surface area contributed by atoms with Gasteiger partial charge in [-0.25, -0.2) is 0 Å². The first-order valence-electron chi connectivity index (χ1n) is 12.7. The molecule has 0 aliphatic carbocycles. The Labute approximate surface area is 243 Å². The molecule has 0 saturated carbocycles. The van der Waals surface area contributed by atoms with Crippen LogP contribution in [0, 0.1) is 17.2 Å². The van der Waals surface area contributed by atoms with Gasteiger partial charge in [-0.1, -0.05) is 18.2 Å². The summed E-state index contributed by atoms with van der Waals surface area (Å²) in [6, 6.07) is 27.3. The number of fused-ring (bicyclic) bond motifs is 1. The summed E-state index contributed by atoms with van der Waals surface area (Å²) < 4.78 is 12.6. The van der Waals surface area contributed by atoms with E-state index in [9.17, 15) is 10.1 Å². The molecule has 1 saturated heterocycles. The van der Waals surface area contributed by atoms with Gasteiger partial charge in [0, 0.05) is 45.7 Å². The number of nitrogens with zero attached hydrogens (tertiary/aromatic N) is 3. The van der Waals surface area contributed by atoms with Crippen molar-refractivity contribution in [2.75, 3.05) is 32.2 Å². The van der Waals surface area contributed by atoms with Gasteiger partial charge in [0.2, 0.25) is 0 Å². The molecule has 3 aromatic carbocycles. The standard InChI is InChI=1S/C31H26N3O3PS2/c1-36-22-6-9-24(10-7-22)40-34-27-11-8-23(38)15-26(27)29(25-12-13-39-28(25)16-32)30(34)19-4-3-5-21(14-19)33-17-20(18-33)31(35)37-2/h3-15,20H,17-18,38H2,1-2H3. The Morgan fingerprint density at radius 3 is 2.60 bits per heavy atom. The Bertz CT molecular complexity index is 1770. The van der Waals surface area contributed by atoms with Crippen LogP contribution in [0.15, 0.2) is 83.1 Å². The predicted molar refractivity (Wildman–Crippen MR) is 167 cm³/mol. The van der Waals surface area contributed by atoms with Gasteiger partial charge in [0.1, 0.15) is 16.7 Å². The van der Waals surface area contributed by atoms with Gasteiger partial charge in [0.25, 0.3) is 0 Å². The molecule has 0 radical (unpaired) electrons. The van der Waals surface area contributed by atoms with E-state index < -0.39 is 0 Å². The summed E-state index contributed by atoms with van der Waals surface area (Å²) in [6.07, 6.45) is 0. The molecule has 0 spiro atoms. The summed E-state index contributed by atoms with van der Waals surface area (Å²) in [5.41, 5.74) is 6.13. The van der Waals surface area contributed by atoms with Crippen LogP contribution in [-0.4, -0.2) is 37.3 Å². The Morgan fingerprint density at radius 2 is 1.88 bits per heavy atom. The number of nitriles is 1. The lowest BCUT2D eigenvalue weighted by Gasteiger charge is -2.39. The molecule has 40 heavy (non-hydrogen) atoms. The average molecular weight is 584 g/mol. The van der Waals surface area contributed by atoms with Crippen LogP contribution in [0.5, 0.6) is 5.75 Å². The number of aromatic nitrogens is 1. The molecule has 0 bridgehead atoms. The zero-order valence-electron chi connectivity index (χ0n) is 22.0. The first-order chi connectivity index (χ1) is 19.5. The van der Waals surface area contributed by atoms with Crippen molar-refractivity contribution in [3.63, 3.8) is 0 Å². The Morgan fingerprint density at radius 1 is 1.07 bits per heavy atom. The monoisotopic (exact) mass is 583 g/mol. The molecule has 2 aromatic heterocycles. The van der Waals surface area contributed by atoms with Crippen molar-refractivity contribution in [3.8, 4) is 34.2 Å². The maximum Gasteiger partial charge on any atom is 0.312 e. The van der Waals surface area contributed by atoms with E-state index in [2.05, 4.69) is 78.8 Å². The van der Waals surface area contributed by atoms with Gasteiger partial charge in [-0.2, -0.15) is 5.26 Å². The second kappa shape index (κ2) is 11.0. The molecule has 200 valence electrons. The zero-order valence-corrected chi connectivity index (χ0v) is 24.7. The molecular formula is C31H26N3O3PS2. The number of carbonyl (C=O) groups is 1. The average Bonchev–Trinajstić information content (AvgIpc) is 3.54. The smallest absolute Gasteiger partial charge is 0.312 e. The van der Waals surface area contributed by atoms with Crippen molar-refractivity contribution in [2.24, 2.45) is 5.92 Å². The molecule has 1 aliphatic rings. The third-order valence-corrected chi connectivity index (χ3v) is 9.36. The molecule has 5 aromatic rings. The summed E-state index contributed by atoms with van der Waals surface area (Å²) >= 11 is 3.09. The van der Waals surface area contributed by atoms with Gasteiger partial charge in [0.05, 0.1) is 31.3 Å². The number of rotatable bonds is 7. The highest BCUT2D eigenvalue weighted by atomic mass is 32.2. The fourth-order valence-corrected chi connectivity index (χ4v) is 7.07. The SMILES string of the molecule is COC(=O)C1CN(c2cccc(-c3c(-c4ccsc4C#N)c4cc(P)ccc4n3Sc3ccc(OC)cc3)c2)C1. The van der Waals surface area contributed by atoms with E-state index in [1.165, 1.54) is 18.4 Å². The first kappa shape index (κ1) is 26.5. The number of thiophene rings is 1. The normalized spacial score (nSPS) is 13.2. The second-order valence-electron chi connectivity index (χ2n) is 9.51. The van der Waals surface area contributed by atoms with E-state index in [0.717, 1.165) is 54.9 Å². The van der Waals surface area contributed by atoms with Crippen molar-refractivity contribution in [2.45, 2.75) is 4.90 Å². The van der Waals surface area contributed by atoms with E-state index in [1.807, 2.05) is 23.6 Å². The number of carbonyl (C=O) groups excluding carboxylic acids is 1. The zero-order chi connectivity index (χ0) is 27.8. The van der Waals surface area contributed by atoms with Gasteiger partial charge < -0.3 is 14.4 Å². The minimum absolute atomic E-state index is 0.106. The summed E-state index contributed by atoms with van der Waals surface area (Å²) in [5.74, 6) is 0.533. The van der Waals surface area contributed by atoms with Crippen molar-refractivity contribution in [1.82, 2.24) is 3.97 Å². The number of anilines is 1. The van der Waals surface area contributed by atoms with E-state index in [4.69, 9.17) is 9.47 Å². The molecule has 1 atom stereocenters. The summed E-state index contributed by atoms with van der Waals surface area (Å²) in [5, 5.41) is 14.1. The van der Waals surface area contributed by atoms with Crippen LogP contribution in [0.2, 0.25) is 0 Å². The third-order valence-electron chi connectivity index (χ3n) is 7.14. The molecule has 1 aliphatic heterocycles. The number of hydrogen-bond donors (Lipinski definition) is 0. The molecule has 6 rings (SSSR count). The van der Waals surface area contributed by atoms with E-state index in [1.54, 1.807) is 19.1 Å². The second-order valence-corrected chi connectivity index (χ2v) is 12.1. The molecule has 0 N–H and O–H groups in total.